The second-order valence-electron chi connectivity index (χ2n) is 5.21. The molecule has 0 aromatic heterocycles. The highest BCUT2D eigenvalue weighted by Gasteiger charge is 2.84. The van der Waals surface area contributed by atoms with E-state index in [1.807, 2.05) is 0 Å². The highest BCUT2D eigenvalue weighted by atomic mass is 19.4. The molecule has 172 valence electrons. The number of hydrogen-bond acceptors (Lipinski definition) is 2. The van der Waals surface area contributed by atoms with Crippen LogP contribution in [0, 0.1) is 0 Å². The Labute approximate surface area is 148 Å². The van der Waals surface area contributed by atoms with E-state index in [0.717, 1.165) is 0 Å². The zero-order valence-corrected chi connectivity index (χ0v) is 12.8. The van der Waals surface area contributed by atoms with E-state index >= 15 is 0 Å². The average Bonchev–Trinajstić information content (AvgIpc) is 2.53. The smallest absolute Gasteiger partial charge is 0.352 e. The molecule has 0 unspecified atom stereocenters. The highest BCUT2D eigenvalue weighted by Crippen LogP contribution is 2.61. The Morgan fingerprint density at radius 1 is 0.586 bits per heavy atom. The van der Waals surface area contributed by atoms with Crippen molar-refractivity contribution in [3.8, 4) is 0 Å². The number of allylic oxidation sites excluding steroid dienone is 1. The molecule has 1 fully saturated rings. The fraction of sp³-hybridized carbons (Fsp3) is 0.818. The van der Waals surface area contributed by atoms with Crippen LogP contribution >= 0.6 is 0 Å². The first kappa shape index (κ1) is 25.6. The maximum absolute atomic E-state index is 14.4. The Balaban J connectivity index is 4.47. The van der Waals surface area contributed by atoms with Crippen molar-refractivity contribution < 1.29 is 79.7 Å². The normalized spacial score (nSPS) is 25.0. The molecule has 1 heterocycles. The largest absolute Gasteiger partial charge is 0.453 e. The highest BCUT2D eigenvalue weighted by molar-refractivity contribution is 5.41. The van der Waals surface area contributed by atoms with Crippen LogP contribution in [0.15, 0.2) is 11.1 Å². The third-order valence-corrected chi connectivity index (χ3v) is 3.36. The molecule has 1 rings (SSSR count). The lowest BCUT2D eigenvalue weighted by atomic mass is 9.81. The number of ether oxygens (including phenoxy) is 2. The number of alkyl halides is 16. The summed E-state index contributed by atoms with van der Waals surface area (Å²) >= 11 is 0. The lowest BCUT2D eigenvalue weighted by molar-refractivity contribution is -0.377. The van der Waals surface area contributed by atoms with Gasteiger partial charge >= 0.3 is 36.7 Å². The molecular formula is C11H4F16O2. The van der Waals surface area contributed by atoms with Gasteiger partial charge in [0.1, 0.15) is 5.57 Å². The van der Waals surface area contributed by atoms with Gasteiger partial charge in [-0.25, -0.2) is 0 Å². The quantitative estimate of drug-likeness (QED) is 0.341. The Hall–Kier alpha value is -1.46. The van der Waals surface area contributed by atoms with E-state index in [-0.39, 0.29) is 0 Å². The van der Waals surface area contributed by atoms with Gasteiger partial charge in [0, 0.05) is 0 Å². The van der Waals surface area contributed by atoms with Crippen molar-refractivity contribution in [2.24, 2.45) is 0 Å². The summed E-state index contributed by atoms with van der Waals surface area (Å²) < 4.78 is 215. The van der Waals surface area contributed by atoms with E-state index in [9.17, 15) is 70.2 Å². The summed E-state index contributed by atoms with van der Waals surface area (Å²) in [7, 11) is 0. The fourth-order valence-electron chi connectivity index (χ4n) is 2.36. The standard InChI is InChI=1S/C11H4F16O2/c12-6(11(25,26)27)3(4(7(13,14)15)8(16,17)18)5(9(19,20)21,10(22,23)24)28-1-2-29-6/h1-2H2/t6-/m0/s1. The predicted octanol–water partition coefficient (Wildman–Crippen LogP) is 5.55. The maximum atomic E-state index is 14.4. The molecule has 0 bridgehead atoms. The molecular weight excluding hydrogens is 468 g/mol. The van der Waals surface area contributed by atoms with Crippen LogP contribution in [0.4, 0.5) is 70.2 Å². The first-order valence-corrected chi connectivity index (χ1v) is 6.51. The molecule has 0 amide bonds. The minimum atomic E-state index is -7.47. The Bertz CT molecular complexity index is 614. The van der Waals surface area contributed by atoms with Crippen LogP contribution in [0.2, 0.25) is 0 Å². The summed E-state index contributed by atoms with van der Waals surface area (Å²) in [6.07, 6.45) is -37.0. The third kappa shape index (κ3) is 4.09. The van der Waals surface area contributed by atoms with Crippen LogP contribution in [-0.2, 0) is 9.47 Å². The van der Waals surface area contributed by atoms with Crippen LogP contribution in [0.25, 0.3) is 0 Å². The van der Waals surface area contributed by atoms with Gasteiger partial charge in [0.25, 0.3) is 5.60 Å². The van der Waals surface area contributed by atoms with Gasteiger partial charge in [0.05, 0.1) is 18.8 Å². The van der Waals surface area contributed by atoms with E-state index in [1.165, 1.54) is 0 Å². The SMILES string of the molecule is FC(F)(F)C(=C1C(C(F)(F)F)(C(F)(F)F)OCCO[C@]1(F)C(F)(F)F)C(F)(F)F. The van der Waals surface area contributed by atoms with Gasteiger partial charge in [0.2, 0.25) is 0 Å². The summed E-state index contributed by atoms with van der Waals surface area (Å²) in [6.45, 7) is -4.51. The molecule has 0 aliphatic carbocycles. The van der Waals surface area contributed by atoms with Gasteiger partial charge in [-0.15, -0.1) is 0 Å². The lowest BCUT2D eigenvalue weighted by Crippen LogP contribution is -2.66. The topological polar surface area (TPSA) is 18.5 Å². The molecule has 1 aliphatic rings. The van der Waals surface area contributed by atoms with E-state index in [0.29, 0.717) is 0 Å². The van der Waals surface area contributed by atoms with Crippen molar-refractivity contribution in [3.05, 3.63) is 11.1 Å². The van der Waals surface area contributed by atoms with Crippen molar-refractivity contribution in [3.63, 3.8) is 0 Å². The van der Waals surface area contributed by atoms with E-state index in [1.54, 1.807) is 0 Å². The van der Waals surface area contributed by atoms with Gasteiger partial charge in [0.15, 0.2) is 0 Å². The molecule has 0 aromatic rings. The molecule has 18 heteroatoms. The monoisotopic (exact) mass is 472 g/mol. The summed E-state index contributed by atoms with van der Waals surface area (Å²) in [5.41, 5.74) is -17.0. The van der Waals surface area contributed by atoms with Crippen molar-refractivity contribution >= 4 is 0 Å². The molecule has 0 aromatic carbocycles. The van der Waals surface area contributed by atoms with Crippen LogP contribution in [0.5, 0.6) is 0 Å². The average molecular weight is 472 g/mol. The minimum Gasteiger partial charge on any atom is -0.352 e. The van der Waals surface area contributed by atoms with Gasteiger partial charge in [-0.05, 0) is 0 Å². The molecule has 0 N–H and O–H groups in total. The first-order valence-electron chi connectivity index (χ1n) is 6.51. The number of rotatable bonds is 0. The zero-order chi connectivity index (χ0) is 23.5. The van der Waals surface area contributed by atoms with E-state index in [4.69, 9.17) is 0 Å². The molecule has 1 atom stereocenters. The van der Waals surface area contributed by atoms with Gasteiger partial charge in [-0.2, -0.15) is 70.2 Å². The molecule has 2 nitrogen and oxygen atoms in total. The number of hydrogen-bond donors (Lipinski definition) is 0. The van der Waals surface area contributed by atoms with E-state index in [2.05, 4.69) is 9.47 Å². The molecule has 0 saturated carbocycles. The second kappa shape index (κ2) is 6.78. The van der Waals surface area contributed by atoms with Crippen molar-refractivity contribution in [2.45, 2.75) is 42.3 Å². The number of halogens is 16. The predicted molar refractivity (Wildman–Crippen MR) is 55.8 cm³/mol. The van der Waals surface area contributed by atoms with Crippen LogP contribution in [0.1, 0.15) is 0 Å². The summed E-state index contributed by atoms with van der Waals surface area (Å²) in [5.74, 6) is -6.82. The van der Waals surface area contributed by atoms with Crippen LogP contribution in [-0.4, -0.2) is 55.6 Å². The molecule has 1 saturated heterocycles. The van der Waals surface area contributed by atoms with Crippen LogP contribution < -0.4 is 0 Å². The molecule has 1 aliphatic heterocycles. The van der Waals surface area contributed by atoms with Gasteiger partial charge in [-0.1, -0.05) is 0 Å². The molecule has 0 radical (unpaired) electrons. The lowest BCUT2D eigenvalue weighted by Gasteiger charge is -2.42. The van der Waals surface area contributed by atoms with Crippen molar-refractivity contribution in [2.75, 3.05) is 13.2 Å². The first-order chi connectivity index (χ1) is 12.4. The van der Waals surface area contributed by atoms with E-state index < -0.39 is 66.7 Å². The fourth-order valence-corrected chi connectivity index (χ4v) is 2.36. The summed E-state index contributed by atoms with van der Waals surface area (Å²) in [6, 6.07) is 0. The van der Waals surface area contributed by atoms with Crippen molar-refractivity contribution in [1.29, 1.82) is 0 Å². The second-order valence-corrected chi connectivity index (χ2v) is 5.21. The van der Waals surface area contributed by atoms with Gasteiger partial charge < -0.3 is 9.47 Å². The molecule has 0 spiro atoms. The summed E-state index contributed by atoms with van der Waals surface area (Å²) in [4.78, 5) is 0. The minimum absolute atomic E-state index is 2.21. The van der Waals surface area contributed by atoms with Crippen LogP contribution in [0.3, 0.4) is 0 Å². The zero-order valence-electron chi connectivity index (χ0n) is 12.8. The molecule has 29 heavy (non-hydrogen) atoms. The maximum Gasteiger partial charge on any atom is 0.453 e. The third-order valence-electron chi connectivity index (χ3n) is 3.36. The van der Waals surface area contributed by atoms with Gasteiger partial charge in [-0.3, -0.25) is 0 Å². The Morgan fingerprint density at radius 3 is 1.21 bits per heavy atom. The Kier molecular flexibility index (Phi) is 5.98. The Morgan fingerprint density at radius 2 is 0.931 bits per heavy atom. The van der Waals surface area contributed by atoms with Crippen molar-refractivity contribution in [1.82, 2.24) is 0 Å². The summed E-state index contributed by atoms with van der Waals surface area (Å²) in [5, 5.41) is 0.